The number of benzene rings is 1. The summed E-state index contributed by atoms with van der Waals surface area (Å²) in [5.74, 6) is 0. The van der Waals surface area contributed by atoms with Crippen molar-refractivity contribution in [2.24, 2.45) is 0 Å². The number of aromatic amines is 1. The molecule has 20 heavy (non-hydrogen) atoms. The molecule has 8 heteroatoms. The van der Waals surface area contributed by atoms with E-state index in [1.807, 2.05) is 0 Å². The molecule has 102 valence electrons. The minimum Gasteiger partial charge on any atom is -0.301 e. The normalized spacial score (nSPS) is 11.2. The summed E-state index contributed by atoms with van der Waals surface area (Å²) in [6.45, 7) is 0. The molecule has 0 amide bonds. The topological polar surface area (TPSA) is 69.5 Å². The largest absolute Gasteiger partial charge is 0.416 e. The van der Waals surface area contributed by atoms with Crippen molar-refractivity contribution >= 4 is 12.6 Å². The molecule has 1 heterocycles. The number of nitrogens with zero attached hydrogens (tertiary/aromatic N) is 2. The monoisotopic (exact) mass is 297 g/mol. The van der Waals surface area contributed by atoms with Crippen molar-refractivity contribution in [1.29, 1.82) is 5.26 Å². The van der Waals surface area contributed by atoms with Gasteiger partial charge in [-0.15, -0.1) is 12.6 Å². The highest BCUT2D eigenvalue weighted by molar-refractivity contribution is 7.80. The lowest BCUT2D eigenvalue weighted by Gasteiger charge is -2.08. The standard InChI is InChI=1S/C12H6F3N3OS/c13-12(14,15)7-3-1-6(2-4-7)9-8(5-16)10(19)18-11(20)17-9/h1-4H,(H2,17,18,19,20). The quantitative estimate of drug-likeness (QED) is 0.628. The van der Waals surface area contributed by atoms with Crippen LogP contribution in [-0.2, 0) is 6.18 Å². The first kappa shape index (κ1) is 14.1. The number of nitriles is 1. The highest BCUT2D eigenvalue weighted by Gasteiger charge is 2.30. The van der Waals surface area contributed by atoms with Crippen LogP contribution >= 0.6 is 12.6 Å². The van der Waals surface area contributed by atoms with E-state index in [-0.39, 0.29) is 22.0 Å². The molecule has 0 saturated heterocycles. The van der Waals surface area contributed by atoms with E-state index in [2.05, 4.69) is 22.6 Å². The Morgan fingerprint density at radius 1 is 1.25 bits per heavy atom. The molecule has 0 saturated carbocycles. The lowest BCUT2D eigenvalue weighted by Crippen LogP contribution is -2.14. The van der Waals surface area contributed by atoms with Gasteiger partial charge >= 0.3 is 6.18 Å². The number of thiol groups is 1. The van der Waals surface area contributed by atoms with Crippen LogP contribution in [0, 0.1) is 11.3 Å². The van der Waals surface area contributed by atoms with E-state index in [1.54, 1.807) is 6.07 Å². The van der Waals surface area contributed by atoms with Crippen LogP contribution in [-0.4, -0.2) is 9.97 Å². The number of alkyl halides is 3. The number of aromatic nitrogens is 2. The van der Waals surface area contributed by atoms with Gasteiger partial charge in [0.05, 0.1) is 11.3 Å². The van der Waals surface area contributed by atoms with Gasteiger partial charge in [-0.2, -0.15) is 18.4 Å². The molecule has 0 aliphatic carbocycles. The number of hydrogen-bond donors (Lipinski definition) is 2. The average molecular weight is 297 g/mol. The lowest BCUT2D eigenvalue weighted by molar-refractivity contribution is -0.137. The highest BCUT2D eigenvalue weighted by Crippen LogP contribution is 2.30. The first-order valence-electron chi connectivity index (χ1n) is 5.24. The third-order valence-electron chi connectivity index (χ3n) is 2.50. The van der Waals surface area contributed by atoms with Crippen LogP contribution in [0.25, 0.3) is 11.3 Å². The molecule has 2 aromatic rings. The molecule has 1 aromatic heterocycles. The molecule has 1 aromatic carbocycles. The van der Waals surface area contributed by atoms with Crippen molar-refractivity contribution < 1.29 is 13.2 Å². The Hall–Kier alpha value is -2.27. The summed E-state index contributed by atoms with van der Waals surface area (Å²) in [6.07, 6.45) is -4.45. The number of nitrogens with one attached hydrogen (secondary N) is 1. The van der Waals surface area contributed by atoms with Gasteiger partial charge in [-0.3, -0.25) is 4.79 Å². The SMILES string of the molecule is N#Cc1c(-c2ccc(C(F)(F)F)cc2)nc(S)[nH]c1=O. The third-order valence-corrected chi connectivity index (χ3v) is 2.72. The highest BCUT2D eigenvalue weighted by atomic mass is 32.1. The number of H-pyrrole nitrogens is 1. The lowest BCUT2D eigenvalue weighted by atomic mass is 10.1. The van der Waals surface area contributed by atoms with Crippen LogP contribution in [0.15, 0.2) is 34.2 Å². The Morgan fingerprint density at radius 3 is 2.35 bits per heavy atom. The van der Waals surface area contributed by atoms with Crippen LogP contribution in [0.5, 0.6) is 0 Å². The van der Waals surface area contributed by atoms with Crippen molar-refractivity contribution in [1.82, 2.24) is 9.97 Å². The number of halogens is 3. The van der Waals surface area contributed by atoms with Crippen molar-refractivity contribution in [3.8, 4) is 17.3 Å². The second kappa shape index (κ2) is 5.02. The van der Waals surface area contributed by atoms with E-state index in [4.69, 9.17) is 5.26 Å². The van der Waals surface area contributed by atoms with Gasteiger partial charge in [0.1, 0.15) is 11.6 Å². The maximum Gasteiger partial charge on any atom is 0.416 e. The summed E-state index contributed by atoms with van der Waals surface area (Å²) >= 11 is 3.87. The molecule has 0 bridgehead atoms. The summed E-state index contributed by atoms with van der Waals surface area (Å²) in [7, 11) is 0. The van der Waals surface area contributed by atoms with E-state index in [1.165, 1.54) is 0 Å². The minimum absolute atomic E-state index is 0.00465. The zero-order chi connectivity index (χ0) is 14.9. The van der Waals surface area contributed by atoms with Gasteiger partial charge in [0.25, 0.3) is 5.56 Å². The van der Waals surface area contributed by atoms with Crippen molar-refractivity contribution in [3.63, 3.8) is 0 Å². The summed E-state index contributed by atoms with van der Waals surface area (Å²) in [5.41, 5.74) is -1.56. The Bertz CT molecular complexity index is 745. The summed E-state index contributed by atoms with van der Waals surface area (Å²) in [4.78, 5) is 17.6. The van der Waals surface area contributed by atoms with E-state index >= 15 is 0 Å². The van der Waals surface area contributed by atoms with Gasteiger partial charge in [-0.05, 0) is 12.1 Å². The summed E-state index contributed by atoms with van der Waals surface area (Å²) in [6, 6.07) is 5.69. The van der Waals surface area contributed by atoms with E-state index in [0.717, 1.165) is 24.3 Å². The predicted molar refractivity (Wildman–Crippen MR) is 67.3 cm³/mol. The van der Waals surface area contributed by atoms with Gasteiger partial charge in [0, 0.05) is 5.56 Å². The fourth-order valence-electron chi connectivity index (χ4n) is 1.59. The zero-order valence-corrected chi connectivity index (χ0v) is 10.6. The van der Waals surface area contributed by atoms with Gasteiger partial charge in [0.15, 0.2) is 5.16 Å². The molecular formula is C12H6F3N3OS. The van der Waals surface area contributed by atoms with Crippen molar-refractivity contribution in [2.75, 3.05) is 0 Å². The van der Waals surface area contributed by atoms with E-state index < -0.39 is 17.3 Å². The third kappa shape index (κ3) is 2.67. The Labute approximate surface area is 116 Å². The van der Waals surface area contributed by atoms with Crippen LogP contribution < -0.4 is 5.56 Å². The zero-order valence-electron chi connectivity index (χ0n) is 9.69. The maximum atomic E-state index is 12.5. The minimum atomic E-state index is -4.45. The van der Waals surface area contributed by atoms with Crippen LogP contribution in [0.4, 0.5) is 13.2 Å². The summed E-state index contributed by atoms with van der Waals surface area (Å²) < 4.78 is 37.4. The fourth-order valence-corrected chi connectivity index (χ4v) is 1.79. The molecule has 0 spiro atoms. The first-order chi connectivity index (χ1) is 9.32. The average Bonchev–Trinajstić information content (AvgIpc) is 2.37. The maximum absolute atomic E-state index is 12.5. The molecule has 0 fully saturated rings. The number of rotatable bonds is 1. The molecule has 0 aliphatic rings. The van der Waals surface area contributed by atoms with Crippen LogP contribution in [0.3, 0.4) is 0 Å². The van der Waals surface area contributed by atoms with Crippen molar-refractivity contribution in [2.45, 2.75) is 11.3 Å². The molecule has 1 N–H and O–H groups in total. The predicted octanol–water partition coefficient (Wildman–Crippen LogP) is 2.62. The van der Waals surface area contributed by atoms with Gasteiger partial charge in [0.2, 0.25) is 0 Å². The van der Waals surface area contributed by atoms with E-state index in [0.29, 0.717) is 0 Å². The van der Waals surface area contributed by atoms with Gasteiger partial charge in [-0.1, -0.05) is 12.1 Å². The smallest absolute Gasteiger partial charge is 0.301 e. The van der Waals surface area contributed by atoms with Gasteiger partial charge in [-0.25, -0.2) is 4.98 Å². The molecule has 4 nitrogen and oxygen atoms in total. The second-order valence-corrected chi connectivity index (χ2v) is 4.22. The summed E-state index contributed by atoms with van der Waals surface area (Å²) in [5, 5.41) is 8.90. The molecule has 0 radical (unpaired) electrons. The van der Waals surface area contributed by atoms with Crippen molar-refractivity contribution in [3.05, 3.63) is 45.7 Å². The first-order valence-corrected chi connectivity index (χ1v) is 5.68. The fraction of sp³-hybridized carbons (Fsp3) is 0.0833. The molecular weight excluding hydrogens is 291 g/mol. The van der Waals surface area contributed by atoms with Gasteiger partial charge < -0.3 is 4.98 Å². The molecule has 0 unspecified atom stereocenters. The molecule has 0 aliphatic heterocycles. The molecule has 2 rings (SSSR count). The van der Waals surface area contributed by atoms with Crippen LogP contribution in [0.2, 0.25) is 0 Å². The second-order valence-electron chi connectivity index (χ2n) is 3.80. The van der Waals surface area contributed by atoms with Crippen LogP contribution in [0.1, 0.15) is 11.1 Å². The Morgan fingerprint density at radius 2 is 1.85 bits per heavy atom. The Kier molecular flexibility index (Phi) is 3.55. The van der Waals surface area contributed by atoms with E-state index in [9.17, 15) is 18.0 Å². The Balaban J connectivity index is 2.59. The molecule has 0 atom stereocenters. The number of hydrogen-bond acceptors (Lipinski definition) is 4.